The molecule has 0 aliphatic rings. The van der Waals surface area contributed by atoms with Crippen molar-refractivity contribution in [2.75, 3.05) is 11.9 Å². The fourth-order valence-corrected chi connectivity index (χ4v) is 0.580. The van der Waals surface area contributed by atoms with Crippen molar-refractivity contribution in [3.63, 3.8) is 0 Å². The molecule has 0 aliphatic heterocycles. The van der Waals surface area contributed by atoms with E-state index in [2.05, 4.69) is 20.3 Å². The lowest BCUT2D eigenvalue weighted by atomic mass is 10.4. The summed E-state index contributed by atoms with van der Waals surface area (Å²) in [6, 6.07) is -0.0302. The molecule has 0 saturated carbocycles. The molecule has 1 heterocycles. The van der Waals surface area contributed by atoms with Gasteiger partial charge < -0.3 is 10.4 Å². The molecule has 11 heavy (non-hydrogen) atoms. The molecule has 0 fully saturated rings. The van der Waals surface area contributed by atoms with Gasteiger partial charge in [0.2, 0.25) is 5.95 Å². The van der Waals surface area contributed by atoms with Gasteiger partial charge in [-0.25, -0.2) is 15.0 Å². The average Bonchev–Trinajstić information content (AvgIpc) is 2.06. The summed E-state index contributed by atoms with van der Waals surface area (Å²) < 4.78 is 0. The summed E-state index contributed by atoms with van der Waals surface area (Å²) in [6.07, 6.45) is 2.80. The van der Waals surface area contributed by atoms with Crippen molar-refractivity contribution in [3.05, 3.63) is 12.7 Å². The highest BCUT2D eigenvalue weighted by Crippen LogP contribution is 1.94. The summed E-state index contributed by atoms with van der Waals surface area (Å²) >= 11 is 0. The van der Waals surface area contributed by atoms with E-state index < -0.39 is 0 Å². The molecule has 0 spiro atoms. The van der Waals surface area contributed by atoms with Crippen LogP contribution in [0.15, 0.2) is 12.7 Å². The third kappa shape index (κ3) is 2.46. The predicted octanol–water partition coefficient (Wildman–Crippen LogP) is -0.336. The maximum absolute atomic E-state index is 8.66. The Morgan fingerprint density at radius 1 is 1.55 bits per heavy atom. The number of aliphatic hydroxyl groups excluding tert-OH is 1. The van der Waals surface area contributed by atoms with Crippen molar-refractivity contribution in [1.82, 2.24) is 15.0 Å². The van der Waals surface area contributed by atoms with E-state index in [1.807, 2.05) is 6.92 Å². The molecule has 0 saturated heterocycles. The van der Waals surface area contributed by atoms with Gasteiger partial charge in [0.1, 0.15) is 12.7 Å². The molecule has 5 heteroatoms. The summed E-state index contributed by atoms with van der Waals surface area (Å²) in [4.78, 5) is 11.3. The van der Waals surface area contributed by atoms with Gasteiger partial charge >= 0.3 is 0 Å². The van der Waals surface area contributed by atoms with Crippen LogP contribution in [0.1, 0.15) is 6.92 Å². The Labute approximate surface area is 64.5 Å². The standard InChI is InChI=1S/C6H10N4O/c1-5(2-11)10-6-8-3-7-4-9-6/h3-5,11H,2H2,1H3,(H,7,8,9,10). The summed E-state index contributed by atoms with van der Waals surface area (Å²) in [5.41, 5.74) is 0. The van der Waals surface area contributed by atoms with Gasteiger partial charge in [-0.1, -0.05) is 0 Å². The first-order valence-corrected chi connectivity index (χ1v) is 3.32. The minimum Gasteiger partial charge on any atom is -0.394 e. The van der Waals surface area contributed by atoms with Gasteiger partial charge in [0.25, 0.3) is 0 Å². The van der Waals surface area contributed by atoms with E-state index in [4.69, 9.17) is 5.11 Å². The number of nitrogens with zero attached hydrogens (tertiary/aromatic N) is 3. The zero-order valence-corrected chi connectivity index (χ0v) is 6.23. The van der Waals surface area contributed by atoms with Gasteiger partial charge in [0.15, 0.2) is 0 Å². The molecule has 1 aromatic rings. The van der Waals surface area contributed by atoms with Crippen LogP contribution in [0.4, 0.5) is 5.95 Å². The molecule has 1 unspecified atom stereocenters. The van der Waals surface area contributed by atoms with Crippen molar-refractivity contribution in [3.8, 4) is 0 Å². The molecule has 0 amide bonds. The molecule has 1 rings (SSSR count). The van der Waals surface area contributed by atoms with E-state index >= 15 is 0 Å². The number of anilines is 1. The smallest absolute Gasteiger partial charge is 0.225 e. The van der Waals surface area contributed by atoms with E-state index in [1.165, 1.54) is 12.7 Å². The molecule has 5 nitrogen and oxygen atoms in total. The van der Waals surface area contributed by atoms with E-state index in [0.717, 1.165) is 0 Å². The van der Waals surface area contributed by atoms with Gasteiger partial charge in [-0.3, -0.25) is 0 Å². The van der Waals surface area contributed by atoms with E-state index in [9.17, 15) is 0 Å². The molecule has 0 aromatic carbocycles. The second kappa shape index (κ2) is 3.82. The van der Waals surface area contributed by atoms with Crippen molar-refractivity contribution in [2.45, 2.75) is 13.0 Å². The molecular weight excluding hydrogens is 144 g/mol. The van der Waals surface area contributed by atoms with Gasteiger partial charge in [-0.05, 0) is 6.92 Å². The topological polar surface area (TPSA) is 70.9 Å². The highest BCUT2D eigenvalue weighted by molar-refractivity contribution is 5.22. The Bertz CT molecular complexity index is 203. The fraction of sp³-hybridized carbons (Fsp3) is 0.500. The second-order valence-corrected chi connectivity index (χ2v) is 2.19. The molecule has 60 valence electrons. The third-order valence-electron chi connectivity index (χ3n) is 1.14. The number of nitrogens with one attached hydrogen (secondary N) is 1. The highest BCUT2D eigenvalue weighted by atomic mass is 16.3. The van der Waals surface area contributed by atoms with Crippen molar-refractivity contribution < 1.29 is 5.11 Å². The molecule has 1 aromatic heterocycles. The van der Waals surface area contributed by atoms with E-state index in [1.54, 1.807) is 0 Å². The lowest BCUT2D eigenvalue weighted by molar-refractivity contribution is 0.281. The van der Waals surface area contributed by atoms with Crippen molar-refractivity contribution >= 4 is 5.95 Å². The van der Waals surface area contributed by atoms with Gasteiger partial charge in [0.05, 0.1) is 6.61 Å². The van der Waals surface area contributed by atoms with Gasteiger partial charge in [0, 0.05) is 6.04 Å². The highest BCUT2D eigenvalue weighted by Gasteiger charge is 1.99. The Morgan fingerprint density at radius 2 is 2.18 bits per heavy atom. The second-order valence-electron chi connectivity index (χ2n) is 2.19. The lowest BCUT2D eigenvalue weighted by Crippen LogP contribution is -2.20. The van der Waals surface area contributed by atoms with Gasteiger partial charge in [-0.15, -0.1) is 0 Å². The number of rotatable bonds is 3. The first-order valence-electron chi connectivity index (χ1n) is 3.32. The Kier molecular flexibility index (Phi) is 2.74. The minimum atomic E-state index is -0.0302. The molecule has 0 bridgehead atoms. The zero-order chi connectivity index (χ0) is 8.10. The largest absolute Gasteiger partial charge is 0.394 e. The van der Waals surface area contributed by atoms with Crippen LogP contribution in [0.5, 0.6) is 0 Å². The van der Waals surface area contributed by atoms with E-state index in [-0.39, 0.29) is 12.6 Å². The fourth-order valence-electron chi connectivity index (χ4n) is 0.580. The Morgan fingerprint density at radius 3 is 2.73 bits per heavy atom. The van der Waals surface area contributed by atoms with Crippen molar-refractivity contribution in [1.29, 1.82) is 0 Å². The number of aliphatic hydroxyl groups is 1. The maximum atomic E-state index is 8.66. The van der Waals surface area contributed by atoms with Crippen LogP contribution in [0.25, 0.3) is 0 Å². The van der Waals surface area contributed by atoms with E-state index in [0.29, 0.717) is 5.95 Å². The number of aromatic nitrogens is 3. The number of hydrogen-bond donors (Lipinski definition) is 2. The van der Waals surface area contributed by atoms with Crippen LogP contribution in [-0.2, 0) is 0 Å². The summed E-state index contributed by atoms with van der Waals surface area (Å²) in [5.74, 6) is 0.488. The maximum Gasteiger partial charge on any atom is 0.225 e. The molecule has 0 aliphatic carbocycles. The number of hydrogen-bond acceptors (Lipinski definition) is 5. The first kappa shape index (κ1) is 7.87. The quantitative estimate of drug-likeness (QED) is 0.623. The summed E-state index contributed by atoms with van der Waals surface area (Å²) in [7, 11) is 0. The third-order valence-corrected chi connectivity index (χ3v) is 1.14. The van der Waals surface area contributed by atoms with Crippen LogP contribution in [0.2, 0.25) is 0 Å². The SMILES string of the molecule is CC(CO)Nc1ncncn1. The zero-order valence-electron chi connectivity index (χ0n) is 6.23. The van der Waals surface area contributed by atoms with Crippen LogP contribution in [0, 0.1) is 0 Å². The average molecular weight is 154 g/mol. The van der Waals surface area contributed by atoms with Crippen molar-refractivity contribution in [2.24, 2.45) is 0 Å². The lowest BCUT2D eigenvalue weighted by Gasteiger charge is -2.08. The minimum absolute atomic E-state index is 0.0302. The normalized spacial score (nSPS) is 12.5. The Hall–Kier alpha value is -1.23. The summed E-state index contributed by atoms with van der Waals surface area (Å²) in [6.45, 7) is 1.90. The molecular formula is C6H10N4O. The van der Waals surface area contributed by atoms with Crippen LogP contribution in [0.3, 0.4) is 0 Å². The van der Waals surface area contributed by atoms with Crippen LogP contribution >= 0.6 is 0 Å². The van der Waals surface area contributed by atoms with Gasteiger partial charge in [-0.2, -0.15) is 0 Å². The molecule has 1 atom stereocenters. The monoisotopic (exact) mass is 154 g/mol. The predicted molar refractivity (Wildman–Crippen MR) is 40.0 cm³/mol. The van der Waals surface area contributed by atoms with Crippen LogP contribution in [-0.4, -0.2) is 32.7 Å². The molecule has 2 N–H and O–H groups in total. The molecule has 0 radical (unpaired) electrons. The first-order chi connectivity index (χ1) is 5.33. The van der Waals surface area contributed by atoms with Crippen LogP contribution < -0.4 is 5.32 Å². The summed E-state index contributed by atoms with van der Waals surface area (Å²) in [5, 5.41) is 11.5. The Balaban J connectivity index is 2.51.